The van der Waals surface area contributed by atoms with Gasteiger partial charge in [-0.15, -0.1) is 0 Å². The molecule has 19 heavy (non-hydrogen) atoms. The van der Waals surface area contributed by atoms with E-state index in [0.717, 1.165) is 31.4 Å². The number of aromatic nitrogens is 1. The highest BCUT2D eigenvalue weighted by atomic mass is 16.1. The Morgan fingerprint density at radius 1 is 1.37 bits per heavy atom. The molecule has 1 aromatic heterocycles. The van der Waals surface area contributed by atoms with Gasteiger partial charge in [-0.05, 0) is 51.8 Å². The number of carbonyl (C=O) groups excluding carboxylic acids is 1. The molecule has 1 aliphatic carbocycles. The second-order valence-electron chi connectivity index (χ2n) is 6.30. The normalized spacial score (nSPS) is 31.2. The third-order valence-corrected chi connectivity index (χ3v) is 5.38. The molecule has 3 rings (SSSR count). The molecule has 1 unspecified atom stereocenters. The highest BCUT2D eigenvalue weighted by Gasteiger charge is 2.44. The summed E-state index contributed by atoms with van der Waals surface area (Å²) in [6, 6.07) is 2.52. The third kappa shape index (κ3) is 1.78. The maximum atomic E-state index is 12.9. The van der Waals surface area contributed by atoms with Crippen molar-refractivity contribution in [3.8, 4) is 0 Å². The SMILES string of the molecule is CC[C@@H]1C2C(=O)c3cc(C)n(C)c3C[C@@H]2CCN1C. The zero-order valence-electron chi connectivity index (χ0n) is 12.4. The van der Waals surface area contributed by atoms with Crippen molar-refractivity contribution < 1.29 is 4.79 Å². The second kappa shape index (κ2) is 4.48. The van der Waals surface area contributed by atoms with Gasteiger partial charge < -0.3 is 9.47 Å². The average molecular weight is 260 g/mol. The van der Waals surface area contributed by atoms with E-state index in [1.54, 1.807) is 0 Å². The number of carbonyl (C=O) groups is 1. The topological polar surface area (TPSA) is 25.2 Å². The number of Topliss-reactive ketones (excluding diaryl/α,β-unsaturated/α-hetero) is 1. The summed E-state index contributed by atoms with van der Waals surface area (Å²) < 4.78 is 2.21. The van der Waals surface area contributed by atoms with Crippen LogP contribution in [0.5, 0.6) is 0 Å². The zero-order chi connectivity index (χ0) is 13.7. The van der Waals surface area contributed by atoms with Crippen molar-refractivity contribution in [2.45, 2.75) is 39.2 Å². The number of rotatable bonds is 1. The van der Waals surface area contributed by atoms with Gasteiger partial charge in [-0.2, -0.15) is 0 Å². The molecule has 1 aromatic rings. The summed E-state index contributed by atoms with van der Waals surface area (Å²) in [5, 5.41) is 0. The smallest absolute Gasteiger partial charge is 0.169 e. The van der Waals surface area contributed by atoms with Crippen molar-refractivity contribution in [1.82, 2.24) is 9.47 Å². The van der Waals surface area contributed by atoms with Crippen LogP contribution in [0.15, 0.2) is 6.07 Å². The molecule has 3 heteroatoms. The molecule has 1 aliphatic heterocycles. The van der Waals surface area contributed by atoms with Crippen LogP contribution in [0.25, 0.3) is 0 Å². The third-order valence-electron chi connectivity index (χ3n) is 5.38. The van der Waals surface area contributed by atoms with Gasteiger partial charge in [0.05, 0.1) is 0 Å². The summed E-state index contributed by atoms with van der Waals surface area (Å²) in [7, 11) is 4.26. The van der Waals surface area contributed by atoms with Crippen molar-refractivity contribution >= 4 is 5.78 Å². The van der Waals surface area contributed by atoms with Gasteiger partial charge in [0, 0.05) is 36.0 Å². The Kier molecular flexibility index (Phi) is 3.05. The van der Waals surface area contributed by atoms with E-state index in [-0.39, 0.29) is 5.92 Å². The number of piperidine rings is 1. The summed E-state index contributed by atoms with van der Waals surface area (Å²) in [6.07, 6.45) is 3.32. The van der Waals surface area contributed by atoms with Crippen LogP contribution in [-0.4, -0.2) is 34.9 Å². The lowest BCUT2D eigenvalue weighted by Gasteiger charge is -2.45. The lowest BCUT2D eigenvalue weighted by Crippen LogP contribution is -2.52. The molecule has 104 valence electrons. The quantitative estimate of drug-likeness (QED) is 0.775. The standard InChI is InChI=1S/C16H24N2O/c1-5-13-15-11(6-7-17(13)3)9-14-12(16(15)19)8-10(2)18(14)4/h8,11,13,15H,5-7,9H2,1-4H3/t11-,13+,15?/m0/s1. The fourth-order valence-electron chi connectivity index (χ4n) is 4.16. The van der Waals surface area contributed by atoms with Crippen LogP contribution >= 0.6 is 0 Å². The Bertz CT molecular complexity index is 517. The van der Waals surface area contributed by atoms with E-state index in [4.69, 9.17) is 0 Å². The molecule has 3 nitrogen and oxygen atoms in total. The van der Waals surface area contributed by atoms with E-state index in [2.05, 4.69) is 43.5 Å². The molecule has 0 spiro atoms. The molecule has 3 atom stereocenters. The zero-order valence-corrected chi connectivity index (χ0v) is 12.4. The minimum absolute atomic E-state index is 0.220. The van der Waals surface area contributed by atoms with E-state index >= 15 is 0 Å². The van der Waals surface area contributed by atoms with Gasteiger partial charge in [-0.3, -0.25) is 4.79 Å². The molecular weight excluding hydrogens is 236 g/mol. The largest absolute Gasteiger partial charge is 0.351 e. The highest BCUT2D eigenvalue weighted by Crippen LogP contribution is 2.40. The molecule has 0 radical (unpaired) electrons. The summed E-state index contributed by atoms with van der Waals surface area (Å²) in [4.78, 5) is 15.3. The van der Waals surface area contributed by atoms with Gasteiger partial charge in [0.2, 0.25) is 0 Å². The first-order valence-electron chi connectivity index (χ1n) is 7.44. The molecule has 1 fully saturated rings. The number of fused-ring (bicyclic) bond motifs is 2. The van der Waals surface area contributed by atoms with Gasteiger partial charge in [0.15, 0.2) is 5.78 Å². The van der Waals surface area contributed by atoms with E-state index in [0.29, 0.717) is 17.7 Å². The van der Waals surface area contributed by atoms with Crippen molar-refractivity contribution in [3.05, 3.63) is 23.0 Å². The Morgan fingerprint density at radius 2 is 2.11 bits per heavy atom. The maximum Gasteiger partial charge on any atom is 0.169 e. The van der Waals surface area contributed by atoms with Crippen molar-refractivity contribution in [1.29, 1.82) is 0 Å². The van der Waals surface area contributed by atoms with Gasteiger partial charge >= 0.3 is 0 Å². The number of likely N-dealkylation sites (tertiary alicyclic amines) is 1. The molecule has 2 heterocycles. The first kappa shape index (κ1) is 12.9. The lowest BCUT2D eigenvalue weighted by atomic mass is 9.69. The average Bonchev–Trinajstić information content (AvgIpc) is 2.68. The molecule has 2 aliphatic rings. The molecule has 0 saturated carbocycles. The van der Waals surface area contributed by atoms with Gasteiger partial charge in [-0.1, -0.05) is 6.92 Å². The number of aryl methyl sites for hydroxylation is 1. The van der Waals surface area contributed by atoms with Gasteiger partial charge in [0.1, 0.15) is 0 Å². The first-order valence-corrected chi connectivity index (χ1v) is 7.44. The van der Waals surface area contributed by atoms with Crippen LogP contribution in [0.1, 0.15) is 41.5 Å². The summed E-state index contributed by atoms with van der Waals surface area (Å²) in [5.41, 5.74) is 3.47. The number of hydrogen-bond acceptors (Lipinski definition) is 2. The van der Waals surface area contributed by atoms with Gasteiger partial charge in [-0.25, -0.2) is 0 Å². The van der Waals surface area contributed by atoms with Gasteiger partial charge in [0.25, 0.3) is 0 Å². The number of ketones is 1. The number of nitrogens with zero attached hydrogens (tertiary/aromatic N) is 2. The van der Waals surface area contributed by atoms with E-state index in [1.165, 1.54) is 11.4 Å². The Labute approximate surface area is 115 Å². The van der Waals surface area contributed by atoms with Crippen LogP contribution in [0.4, 0.5) is 0 Å². The van der Waals surface area contributed by atoms with Crippen LogP contribution in [0.3, 0.4) is 0 Å². The van der Waals surface area contributed by atoms with Crippen molar-refractivity contribution in [2.75, 3.05) is 13.6 Å². The van der Waals surface area contributed by atoms with Crippen molar-refractivity contribution in [2.24, 2.45) is 18.9 Å². The first-order chi connectivity index (χ1) is 9.04. The minimum Gasteiger partial charge on any atom is -0.351 e. The van der Waals surface area contributed by atoms with Crippen LogP contribution in [0, 0.1) is 18.8 Å². The maximum absolute atomic E-state index is 12.9. The van der Waals surface area contributed by atoms with E-state index < -0.39 is 0 Å². The minimum atomic E-state index is 0.220. The van der Waals surface area contributed by atoms with E-state index in [9.17, 15) is 4.79 Å². The lowest BCUT2D eigenvalue weighted by molar-refractivity contribution is 0.0448. The molecule has 0 bridgehead atoms. The molecule has 1 saturated heterocycles. The fraction of sp³-hybridized carbons (Fsp3) is 0.688. The van der Waals surface area contributed by atoms with Crippen molar-refractivity contribution in [3.63, 3.8) is 0 Å². The molecule has 0 N–H and O–H groups in total. The van der Waals surface area contributed by atoms with E-state index in [1.807, 2.05) is 0 Å². The monoisotopic (exact) mass is 260 g/mol. The Morgan fingerprint density at radius 3 is 2.79 bits per heavy atom. The van der Waals surface area contributed by atoms with Crippen LogP contribution < -0.4 is 0 Å². The highest BCUT2D eigenvalue weighted by molar-refractivity contribution is 6.01. The predicted molar refractivity (Wildman–Crippen MR) is 76.5 cm³/mol. The summed E-state index contributed by atoms with van der Waals surface area (Å²) in [5.74, 6) is 1.17. The number of hydrogen-bond donors (Lipinski definition) is 0. The molecule has 0 amide bonds. The predicted octanol–water partition coefficient (Wildman–Crippen LogP) is 2.42. The second-order valence-corrected chi connectivity index (χ2v) is 6.30. The summed E-state index contributed by atoms with van der Waals surface area (Å²) in [6.45, 7) is 5.44. The van der Waals surface area contributed by atoms with Crippen LogP contribution in [0.2, 0.25) is 0 Å². The Balaban J connectivity index is 2.04. The molecule has 0 aromatic carbocycles. The Hall–Kier alpha value is -1.09. The van der Waals surface area contributed by atoms with Crippen LogP contribution in [-0.2, 0) is 13.5 Å². The fourth-order valence-corrected chi connectivity index (χ4v) is 4.16. The molecular formula is C16H24N2O. The summed E-state index contributed by atoms with van der Waals surface area (Å²) >= 11 is 0.